The minimum Gasteiger partial charge on any atom is -0.507 e. The summed E-state index contributed by atoms with van der Waals surface area (Å²) in [4.78, 5) is 11.5. The van der Waals surface area contributed by atoms with Crippen molar-refractivity contribution in [1.29, 1.82) is 0 Å². The highest BCUT2D eigenvalue weighted by Gasteiger charge is 2.23. The zero-order chi connectivity index (χ0) is 12.3. The lowest BCUT2D eigenvalue weighted by Crippen LogP contribution is -2.08. The molecule has 0 aliphatic heterocycles. The molecule has 6 nitrogen and oxygen atoms in total. The molecular weight excluding hydrogens is 216 g/mol. The maximum atomic E-state index is 11.5. The lowest BCUT2D eigenvalue weighted by molar-refractivity contribution is 0.0841. The molecule has 0 aromatic heterocycles. The lowest BCUT2D eigenvalue weighted by atomic mass is 10.1. The van der Waals surface area contributed by atoms with Crippen LogP contribution in [0, 0.1) is 0 Å². The van der Waals surface area contributed by atoms with Crippen LogP contribution in [0.3, 0.4) is 0 Å². The van der Waals surface area contributed by atoms with Gasteiger partial charge in [-0.1, -0.05) is 0 Å². The van der Waals surface area contributed by atoms with Crippen molar-refractivity contribution in [3.05, 3.63) is 11.6 Å². The van der Waals surface area contributed by atoms with Crippen molar-refractivity contribution < 1.29 is 29.6 Å². The number of aromatic hydroxyl groups is 3. The number of methoxy groups -OCH3 is 2. The topological polar surface area (TPSA) is 96.2 Å². The number of rotatable bonds is 4. The van der Waals surface area contributed by atoms with Crippen LogP contribution in [0.1, 0.15) is 10.4 Å². The molecule has 0 bridgehead atoms. The van der Waals surface area contributed by atoms with Crippen molar-refractivity contribution in [3.63, 3.8) is 0 Å². The Morgan fingerprint density at radius 3 is 2.38 bits per heavy atom. The van der Waals surface area contributed by atoms with E-state index in [1.165, 1.54) is 14.2 Å². The third-order valence-corrected chi connectivity index (χ3v) is 1.97. The van der Waals surface area contributed by atoms with Crippen LogP contribution in [-0.2, 0) is 4.74 Å². The Balaban J connectivity index is 3.33. The van der Waals surface area contributed by atoms with Crippen LogP contribution in [0.2, 0.25) is 0 Å². The molecule has 0 atom stereocenters. The monoisotopic (exact) mass is 228 g/mol. The van der Waals surface area contributed by atoms with Gasteiger partial charge in [-0.05, 0) is 0 Å². The van der Waals surface area contributed by atoms with E-state index in [2.05, 4.69) is 4.74 Å². The van der Waals surface area contributed by atoms with Crippen LogP contribution >= 0.6 is 0 Å². The first-order valence-electron chi connectivity index (χ1n) is 4.37. The molecule has 1 aromatic carbocycles. The van der Waals surface area contributed by atoms with Crippen molar-refractivity contribution in [2.24, 2.45) is 0 Å². The molecule has 0 aliphatic rings. The number of benzene rings is 1. The van der Waals surface area contributed by atoms with Gasteiger partial charge in [0.1, 0.15) is 17.9 Å². The summed E-state index contributed by atoms with van der Waals surface area (Å²) < 4.78 is 9.29. The van der Waals surface area contributed by atoms with Crippen LogP contribution in [0.5, 0.6) is 23.0 Å². The summed E-state index contributed by atoms with van der Waals surface area (Å²) in [6.45, 7) is -0.297. The molecule has 0 saturated heterocycles. The van der Waals surface area contributed by atoms with E-state index in [0.29, 0.717) is 0 Å². The minimum absolute atomic E-state index is 0.266. The molecule has 6 heteroatoms. The number of ketones is 1. The van der Waals surface area contributed by atoms with E-state index < -0.39 is 23.0 Å². The summed E-state index contributed by atoms with van der Waals surface area (Å²) in [7, 11) is 2.53. The van der Waals surface area contributed by atoms with Crippen LogP contribution in [0.25, 0.3) is 0 Å². The van der Waals surface area contributed by atoms with Crippen molar-refractivity contribution in [1.82, 2.24) is 0 Å². The second kappa shape index (κ2) is 4.71. The third kappa shape index (κ3) is 2.01. The number of hydrogen-bond acceptors (Lipinski definition) is 6. The fourth-order valence-corrected chi connectivity index (χ4v) is 1.30. The molecule has 3 N–H and O–H groups in total. The van der Waals surface area contributed by atoms with Gasteiger partial charge in [-0.15, -0.1) is 0 Å². The van der Waals surface area contributed by atoms with Crippen molar-refractivity contribution in [2.45, 2.75) is 0 Å². The third-order valence-electron chi connectivity index (χ3n) is 1.97. The number of ether oxygens (including phenoxy) is 2. The number of carbonyl (C=O) groups excluding carboxylic acids is 1. The average Bonchev–Trinajstić information content (AvgIpc) is 2.17. The largest absolute Gasteiger partial charge is 0.507 e. The van der Waals surface area contributed by atoms with E-state index in [-0.39, 0.29) is 17.9 Å². The maximum absolute atomic E-state index is 11.5. The summed E-state index contributed by atoms with van der Waals surface area (Å²) in [6, 6.07) is 0.918. The molecule has 0 aliphatic carbocycles. The predicted octanol–water partition coefficient (Wildman–Crippen LogP) is 0.641. The number of Topliss-reactive ketones (excluding diaryl/α,β-unsaturated/α-hetero) is 1. The molecular formula is C10H12O6. The summed E-state index contributed by atoms with van der Waals surface area (Å²) in [5.41, 5.74) is -0.337. The zero-order valence-corrected chi connectivity index (χ0v) is 8.85. The van der Waals surface area contributed by atoms with Crippen LogP contribution in [0.15, 0.2) is 6.07 Å². The van der Waals surface area contributed by atoms with Gasteiger partial charge in [-0.2, -0.15) is 0 Å². The SMILES string of the molecule is COCC(=O)c1c(O)cc(O)c(OC)c1O. The molecule has 1 aromatic rings. The van der Waals surface area contributed by atoms with Crippen LogP contribution in [0.4, 0.5) is 0 Å². The number of phenols is 3. The second-order valence-electron chi connectivity index (χ2n) is 3.03. The van der Waals surface area contributed by atoms with Gasteiger partial charge >= 0.3 is 0 Å². The highest BCUT2D eigenvalue weighted by molar-refractivity contribution is 6.03. The molecule has 0 fully saturated rings. The first kappa shape index (κ1) is 12.1. The maximum Gasteiger partial charge on any atom is 0.203 e. The van der Waals surface area contributed by atoms with Gasteiger partial charge in [0.15, 0.2) is 17.3 Å². The molecule has 0 amide bonds. The molecule has 16 heavy (non-hydrogen) atoms. The molecule has 0 heterocycles. The van der Waals surface area contributed by atoms with E-state index in [4.69, 9.17) is 4.74 Å². The van der Waals surface area contributed by atoms with Gasteiger partial charge < -0.3 is 24.8 Å². The van der Waals surface area contributed by atoms with Gasteiger partial charge in [0.05, 0.1) is 7.11 Å². The average molecular weight is 228 g/mol. The molecule has 1 rings (SSSR count). The molecule has 0 unspecified atom stereocenters. The summed E-state index contributed by atoms with van der Waals surface area (Å²) in [5.74, 6) is -2.47. The van der Waals surface area contributed by atoms with Crippen LogP contribution in [-0.4, -0.2) is 41.9 Å². The Bertz CT molecular complexity index is 412. The number of phenolic OH excluding ortho intramolecular Hbond substituents is 3. The van der Waals surface area contributed by atoms with E-state index in [9.17, 15) is 20.1 Å². The fourth-order valence-electron chi connectivity index (χ4n) is 1.30. The van der Waals surface area contributed by atoms with E-state index in [1.54, 1.807) is 0 Å². The minimum atomic E-state index is -0.615. The first-order valence-corrected chi connectivity index (χ1v) is 4.37. The Morgan fingerprint density at radius 1 is 1.25 bits per heavy atom. The van der Waals surface area contributed by atoms with Gasteiger partial charge in [0.2, 0.25) is 5.75 Å². The quantitative estimate of drug-likeness (QED) is 0.654. The number of carbonyl (C=O) groups is 1. The summed E-state index contributed by atoms with van der Waals surface area (Å²) in [6.07, 6.45) is 0. The van der Waals surface area contributed by atoms with E-state index in [1.807, 2.05) is 0 Å². The smallest absolute Gasteiger partial charge is 0.203 e. The highest BCUT2D eigenvalue weighted by Crippen LogP contribution is 2.43. The van der Waals surface area contributed by atoms with Gasteiger partial charge in [-0.3, -0.25) is 4.79 Å². The Labute approximate surface area is 91.7 Å². The Morgan fingerprint density at radius 2 is 1.88 bits per heavy atom. The van der Waals surface area contributed by atoms with Crippen molar-refractivity contribution in [3.8, 4) is 23.0 Å². The van der Waals surface area contributed by atoms with Crippen LogP contribution < -0.4 is 4.74 Å². The molecule has 0 saturated carbocycles. The van der Waals surface area contributed by atoms with E-state index >= 15 is 0 Å². The Hall–Kier alpha value is -1.95. The second-order valence-corrected chi connectivity index (χ2v) is 3.03. The molecule has 0 spiro atoms. The fraction of sp³-hybridized carbons (Fsp3) is 0.300. The zero-order valence-electron chi connectivity index (χ0n) is 8.85. The number of hydrogen-bond donors (Lipinski definition) is 3. The standard InChI is InChI=1S/C10H12O6/c1-15-4-7(13)8-5(11)3-6(12)10(16-2)9(8)14/h3,11-12,14H,4H2,1-2H3. The van der Waals surface area contributed by atoms with Gasteiger partial charge in [0, 0.05) is 13.2 Å². The normalized spacial score (nSPS) is 10.1. The predicted molar refractivity (Wildman–Crippen MR) is 54.2 cm³/mol. The lowest BCUT2D eigenvalue weighted by Gasteiger charge is -2.11. The Kier molecular flexibility index (Phi) is 3.57. The van der Waals surface area contributed by atoms with E-state index in [0.717, 1.165) is 6.07 Å². The van der Waals surface area contributed by atoms with Crippen molar-refractivity contribution >= 4 is 5.78 Å². The first-order chi connectivity index (χ1) is 7.52. The van der Waals surface area contributed by atoms with Gasteiger partial charge in [-0.25, -0.2) is 0 Å². The summed E-state index contributed by atoms with van der Waals surface area (Å²) >= 11 is 0. The summed E-state index contributed by atoms with van der Waals surface area (Å²) in [5, 5.41) is 28.4. The van der Waals surface area contributed by atoms with Gasteiger partial charge in [0.25, 0.3) is 0 Å². The molecule has 88 valence electrons. The van der Waals surface area contributed by atoms with Crippen molar-refractivity contribution in [2.75, 3.05) is 20.8 Å². The highest BCUT2D eigenvalue weighted by atomic mass is 16.5. The molecule has 0 radical (unpaired) electrons.